The van der Waals surface area contributed by atoms with E-state index >= 15 is 0 Å². The molecule has 4 aromatic rings. The molecular weight excluding hydrogens is 400 g/mol. The summed E-state index contributed by atoms with van der Waals surface area (Å²) in [6.07, 6.45) is 0. The molecule has 0 aliphatic heterocycles. The third kappa shape index (κ3) is 6.05. The molecule has 4 nitrogen and oxygen atoms in total. The van der Waals surface area contributed by atoms with Gasteiger partial charge in [0, 0.05) is 11.8 Å². The summed E-state index contributed by atoms with van der Waals surface area (Å²) in [5.41, 5.74) is 4.57. The van der Waals surface area contributed by atoms with Crippen molar-refractivity contribution in [1.82, 2.24) is 0 Å². The molecule has 0 spiro atoms. The number of rotatable bonds is 4. The van der Waals surface area contributed by atoms with E-state index in [9.17, 15) is 20.4 Å². The van der Waals surface area contributed by atoms with Crippen LogP contribution in [0, 0.1) is 0 Å². The second-order valence-corrected chi connectivity index (χ2v) is 7.81. The lowest BCUT2D eigenvalue weighted by atomic mass is 9.93. The van der Waals surface area contributed by atoms with Crippen LogP contribution < -0.4 is 0 Å². The van der Waals surface area contributed by atoms with Crippen LogP contribution in [0.1, 0.15) is 47.9 Å². The van der Waals surface area contributed by atoms with Gasteiger partial charge in [-0.3, -0.25) is 0 Å². The predicted molar refractivity (Wildman–Crippen MR) is 127 cm³/mol. The van der Waals surface area contributed by atoms with E-state index in [0.29, 0.717) is 0 Å². The van der Waals surface area contributed by atoms with Gasteiger partial charge >= 0.3 is 0 Å². The summed E-state index contributed by atoms with van der Waals surface area (Å²) in [7, 11) is 0. The first-order chi connectivity index (χ1) is 15.3. The highest BCUT2D eigenvalue weighted by atomic mass is 16.3. The Balaban J connectivity index is 0.000000181. The maximum Gasteiger partial charge on any atom is 0.115 e. The molecule has 0 saturated carbocycles. The van der Waals surface area contributed by atoms with Gasteiger partial charge in [0.15, 0.2) is 0 Å². The fraction of sp³-hybridized carbons (Fsp3) is 0.143. The van der Waals surface area contributed by atoms with Crippen LogP contribution in [0.3, 0.4) is 0 Å². The molecule has 0 atom stereocenters. The molecule has 0 aromatic heterocycles. The summed E-state index contributed by atoms with van der Waals surface area (Å²) in [6, 6.07) is 28.8. The van der Waals surface area contributed by atoms with Crippen LogP contribution in [0.2, 0.25) is 0 Å². The molecule has 4 heteroatoms. The van der Waals surface area contributed by atoms with Gasteiger partial charge in [-0.25, -0.2) is 0 Å². The fourth-order valence-electron chi connectivity index (χ4n) is 3.44. The van der Waals surface area contributed by atoms with Crippen LogP contribution in [0.4, 0.5) is 0 Å². The van der Waals surface area contributed by atoms with Crippen LogP contribution in [0.5, 0.6) is 23.0 Å². The van der Waals surface area contributed by atoms with E-state index in [1.54, 1.807) is 48.5 Å². The molecule has 0 heterocycles. The maximum absolute atomic E-state index is 9.21. The Hall–Kier alpha value is -3.92. The maximum atomic E-state index is 9.21. The van der Waals surface area contributed by atoms with Crippen molar-refractivity contribution in [2.24, 2.45) is 0 Å². The third-order valence-corrected chi connectivity index (χ3v) is 5.57. The number of hydrogen-bond acceptors (Lipinski definition) is 4. The molecule has 164 valence electrons. The zero-order valence-corrected chi connectivity index (χ0v) is 18.2. The first-order valence-electron chi connectivity index (χ1n) is 10.5. The van der Waals surface area contributed by atoms with Crippen molar-refractivity contribution in [3.05, 3.63) is 119 Å². The van der Waals surface area contributed by atoms with Gasteiger partial charge in [0.05, 0.1) is 0 Å². The molecule has 0 amide bonds. The van der Waals surface area contributed by atoms with Gasteiger partial charge in [0.25, 0.3) is 0 Å². The van der Waals surface area contributed by atoms with Crippen molar-refractivity contribution in [3.63, 3.8) is 0 Å². The summed E-state index contributed by atoms with van der Waals surface area (Å²) in [5, 5.41) is 36.8. The Labute approximate surface area is 188 Å². The lowest BCUT2D eigenvalue weighted by Gasteiger charge is -2.12. The van der Waals surface area contributed by atoms with Gasteiger partial charge in [-0.05, 0) is 70.8 Å². The van der Waals surface area contributed by atoms with Crippen LogP contribution in [-0.4, -0.2) is 20.4 Å². The largest absolute Gasteiger partial charge is 0.508 e. The van der Waals surface area contributed by atoms with E-state index < -0.39 is 0 Å². The number of benzene rings is 4. The Kier molecular flexibility index (Phi) is 7.40. The van der Waals surface area contributed by atoms with Crippen LogP contribution in [-0.2, 0) is 0 Å². The van der Waals surface area contributed by atoms with Crippen molar-refractivity contribution in [2.45, 2.75) is 25.7 Å². The lowest BCUT2D eigenvalue weighted by Crippen LogP contribution is -1.94. The molecule has 0 unspecified atom stereocenters. The van der Waals surface area contributed by atoms with E-state index in [1.807, 2.05) is 48.5 Å². The number of hydrogen-bond donors (Lipinski definition) is 4. The summed E-state index contributed by atoms with van der Waals surface area (Å²) in [4.78, 5) is 0. The molecule has 0 aliphatic carbocycles. The van der Waals surface area contributed by atoms with E-state index in [2.05, 4.69) is 13.8 Å². The monoisotopic (exact) mass is 428 g/mol. The van der Waals surface area contributed by atoms with Gasteiger partial charge < -0.3 is 20.4 Å². The quantitative estimate of drug-likeness (QED) is 0.299. The Morgan fingerprint density at radius 1 is 0.344 bits per heavy atom. The summed E-state index contributed by atoms with van der Waals surface area (Å²) < 4.78 is 0. The van der Waals surface area contributed by atoms with Gasteiger partial charge in [0.2, 0.25) is 0 Å². The molecular formula is C28H28O4. The Morgan fingerprint density at radius 3 is 0.656 bits per heavy atom. The van der Waals surface area contributed by atoms with Gasteiger partial charge in [-0.1, -0.05) is 62.4 Å². The summed E-state index contributed by atoms with van der Waals surface area (Å²) in [6.45, 7) is 4.19. The average Bonchev–Trinajstić information content (AvgIpc) is 2.81. The van der Waals surface area contributed by atoms with Crippen molar-refractivity contribution < 1.29 is 20.4 Å². The minimum Gasteiger partial charge on any atom is -0.508 e. The highest BCUT2D eigenvalue weighted by Crippen LogP contribution is 2.27. The summed E-state index contributed by atoms with van der Waals surface area (Å²) >= 11 is 0. The summed E-state index contributed by atoms with van der Waals surface area (Å²) in [5.74, 6) is 1.62. The van der Waals surface area contributed by atoms with E-state index in [-0.39, 0.29) is 34.8 Å². The van der Waals surface area contributed by atoms with Gasteiger partial charge in [-0.15, -0.1) is 0 Å². The molecule has 32 heavy (non-hydrogen) atoms. The molecule has 0 fully saturated rings. The fourth-order valence-corrected chi connectivity index (χ4v) is 3.44. The first kappa shape index (κ1) is 22.8. The minimum atomic E-state index is 0.251. The first-order valence-corrected chi connectivity index (χ1v) is 10.5. The molecule has 0 bridgehead atoms. The Morgan fingerprint density at radius 2 is 0.500 bits per heavy atom. The number of aromatic hydroxyl groups is 4. The van der Waals surface area contributed by atoms with Crippen LogP contribution in [0.25, 0.3) is 0 Å². The van der Waals surface area contributed by atoms with E-state index in [4.69, 9.17) is 0 Å². The highest BCUT2D eigenvalue weighted by molar-refractivity contribution is 5.38. The third-order valence-electron chi connectivity index (χ3n) is 5.57. The minimum absolute atomic E-state index is 0.251. The zero-order valence-electron chi connectivity index (χ0n) is 18.2. The normalized spacial score (nSPS) is 10.6. The van der Waals surface area contributed by atoms with Crippen molar-refractivity contribution in [3.8, 4) is 23.0 Å². The smallest absolute Gasteiger partial charge is 0.115 e. The van der Waals surface area contributed by atoms with Gasteiger partial charge in [-0.2, -0.15) is 0 Å². The molecule has 4 rings (SSSR count). The topological polar surface area (TPSA) is 80.9 Å². The predicted octanol–water partition coefficient (Wildman–Crippen LogP) is 6.50. The van der Waals surface area contributed by atoms with Crippen molar-refractivity contribution in [2.75, 3.05) is 0 Å². The van der Waals surface area contributed by atoms with E-state index in [0.717, 1.165) is 22.3 Å². The Bertz CT molecular complexity index is 916. The van der Waals surface area contributed by atoms with Gasteiger partial charge in [0.1, 0.15) is 23.0 Å². The lowest BCUT2D eigenvalue weighted by molar-refractivity contribution is 0.474. The van der Waals surface area contributed by atoms with Crippen molar-refractivity contribution in [1.29, 1.82) is 0 Å². The standard InChI is InChI=1S/2C14H14O2/c2*1-10(11-2-6-13(15)7-3-11)12-4-8-14(16)9-5-12/h2*2-10,15-16H,1H3. The zero-order chi connectivity index (χ0) is 23.1. The van der Waals surface area contributed by atoms with Crippen LogP contribution >= 0.6 is 0 Å². The molecule has 4 aromatic carbocycles. The molecule has 0 aliphatic rings. The second kappa shape index (κ2) is 10.4. The van der Waals surface area contributed by atoms with E-state index in [1.165, 1.54) is 0 Å². The molecule has 0 radical (unpaired) electrons. The molecule has 4 N–H and O–H groups in total. The molecule has 0 saturated heterocycles. The number of phenolic OH excluding ortho intramolecular Hbond substituents is 4. The van der Waals surface area contributed by atoms with Crippen LogP contribution in [0.15, 0.2) is 97.1 Å². The second-order valence-electron chi connectivity index (χ2n) is 7.81. The average molecular weight is 429 g/mol. The van der Waals surface area contributed by atoms with Crippen molar-refractivity contribution >= 4 is 0 Å². The highest BCUT2D eigenvalue weighted by Gasteiger charge is 2.09. The SMILES string of the molecule is CC(c1ccc(O)cc1)c1ccc(O)cc1.CC(c1ccc(O)cc1)c1ccc(O)cc1. The number of phenols is 4.